The van der Waals surface area contributed by atoms with Gasteiger partial charge < -0.3 is 0 Å². The Balaban J connectivity index is 3.28. The van der Waals surface area contributed by atoms with Gasteiger partial charge in [0, 0.05) is 6.54 Å². The maximum Gasteiger partial charge on any atom is 0.461 e. The maximum atomic E-state index is 13.0. The van der Waals surface area contributed by atoms with Crippen LogP contribution in [0.1, 0.15) is 19.2 Å². The van der Waals surface area contributed by atoms with Crippen molar-refractivity contribution in [2.24, 2.45) is 0 Å². The fourth-order valence-electron chi connectivity index (χ4n) is 1.12. The third kappa shape index (κ3) is 2.08. The largest absolute Gasteiger partial charge is 0.461 e. The standard InChI is InChI=1S/C7H8F5N3S/c1-2-3-15-4(13-14-5(15)16)6(8,9)7(10,11)12/h2-3H2,1H3,(H,14,16). The summed E-state index contributed by atoms with van der Waals surface area (Å²) in [4.78, 5) is 0. The summed E-state index contributed by atoms with van der Waals surface area (Å²) in [5.74, 6) is -6.40. The second-order valence-corrected chi connectivity index (χ2v) is 3.46. The summed E-state index contributed by atoms with van der Waals surface area (Å²) >= 11 is 4.57. The molecule has 0 bridgehead atoms. The number of aromatic amines is 1. The highest BCUT2D eigenvalue weighted by molar-refractivity contribution is 7.71. The molecule has 9 heteroatoms. The van der Waals surface area contributed by atoms with E-state index in [2.05, 4.69) is 17.3 Å². The first-order chi connectivity index (χ1) is 7.21. The third-order valence-corrected chi connectivity index (χ3v) is 2.15. The highest BCUT2D eigenvalue weighted by Gasteiger charge is 2.62. The molecule has 1 heterocycles. The molecule has 0 atom stereocenters. The summed E-state index contributed by atoms with van der Waals surface area (Å²) in [5.41, 5.74) is 0. The van der Waals surface area contributed by atoms with Gasteiger partial charge in [0.1, 0.15) is 0 Å². The molecular formula is C7H8F5N3S. The van der Waals surface area contributed by atoms with Gasteiger partial charge in [-0.15, -0.1) is 0 Å². The predicted molar refractivity (Wildman–Crippen MR) is 47.7 cm³/mol. The van der Waals surface area contributed by atoms with E-state index in [1.165, 1.54) is 0 Å². The van der Waals surface area contributed by atoms with Crippen molar-refractivity contribution < 1.29 is 22.0 Å². The second-order valence-electron chi connectivity index (χ2n) is 3.08. The Labute approximate surface area is 92.3 Å². The number of hydrogen-bond acceptors (Lipinski definition) is 2. The topological polar surface area (TPSA) is 33.6 Å². The van der Waals surface area contributed by atoms with Gasteiger partial charge >= 0.3 is 12.1 Å². The SMILES string of the molecule is CCCn1c(C(F)(F)C(F)(F)F)n[nH]c1=S. The molecule has 0 aliphatic rings. The predicted octanol–water partition coefficient (Wildman–Crippen LogP) is 3.00. The number of hydrogen-bond donors (Lipinski definition) is 1. The van der Waals surface area contributed by atoms with Crippen LogP contribution in [0.5, 0.6) is 0 Å². The van der Waals surface area contributed by atoms with Gasteiger partial charge in [-0.25, -0.2) is 0 Å². The van der Waals surface area contributed by atoms with Crippen molar-refractivity contribution in [2.75, 3.05) is 0 Å². The number of nitrogens with one attached hydrogen (secondary N) is 1. The molecule has 0 fully saturated rings. The lowest BCUT2D eigenvalue weighted by atomic mass is 10.3. The van der Waals surface area contributed by atoms with Crippen molar-refractivity contribution in [3.63, 3.8) is 0 Å². The third-order valence-electron chi connectivity index (χ3n) is 1.84. The van der Waals surface area contributed by atoms with Crippen LogP contribution in [0.4, 0.5) is 22.0 Å². The van der Waals surface area contributed by atoms with Crippen LogP contribution in [0.15, 0.2) is 0 Å². The zero-order valence-corrected chi connectivity index (χ0v) is 8.92. The zero-order valence-electron chi connectivity index (χ0n) is 8.11. The van der Waals surface area contributed by atoms with Crippen molar-refractivity contribution in [2.45, 2.75) is 32.0 Å². The first-order valence-corrected chi connectivity index (χ1v) is 4.73. The highest BCUT2D eigenvalue weighted by atomic mass is 32.1. The van der Waals surface area contributed by atoms with E-state index in [1.54, 1.807) is 6.92 Å². The van der Waals surface area contributed by atoms with Gasteiger partial charge in [-0.1, -0.05) is 6.92 Å². The molecule has 0 radical (unpaired) electrons. The molecule has 0 aliphatic heterocycles. The van der Waals surface area contributed by atoms with Crippen molar-refractivity contribution in [3.8, 4) is 0 Å². The Morgan fingerprint density at radius 3 is 2.31 bits per heavy atom. The molecule has 0 saturated heterocycles. The summed E-state index contributed by atoms with van der Waals surface area (Å²) in [6.45, 7) is 1.58. The Kier molecular flexibility index (Phi) is 3.36. The molecule has 1 aromatic heterocycles. The number of aromatic nitrogens is 3. The van der Waals surface area contributed by atoms with Gasteiger partial charge in [0.25, 0.3) is 0 Å². The van der Waals surface area contributed by atoms with Gasteiger partial charge in [-0.3, -0.25) is 9.67 Å². The Hall–Kier alpha value is -0.990. The molecule has 0 amide bonds. The lowest BCUT2D eigenvalue weighted by Crippen LogP contribution is -2.36. The van der Waals surface area contributed by atoms with Crippen LogP contribution in [0.3, 0.4) is 0 Å². The van der Waals surface area contributed by atoms with E-state index in [0.717, 1.165) is 0 Å². The van der Waals surface area contributed by atoms with Crippen molar-refractivity contribution in [3.05, 3.63) is 10.6 Å². The van der Waals surface area contributed by atoms with Gasteiger partial charge in [-0.2, -0.15) is 27.1 Å². The molecule has 1 aromatic rings. The van der Waals surface area contributed by atoms with Crippen molar-refractivity contribution >= 4 is 12.2 Å². The second kappa shape index (κ2) is 4.11. The molecule has 0 spiro atoms. The average Bonchev–Trinajstić information content (AvgIpc) is 2.47. The van der Waals surface area contributed by atoms with E-state index in [4.69, 9.17) is 0 Å². The quantitative estimate of drug-likeness (QED) is 0.670. The molecule has 92 valence electrons. The minimum Gasteiger partial charge on any atom is -0.299 e. The van der Waals surface area contributed by atoms with Crippen LogP contribution >= 0.6 is 12.2 Å². The fraction of sp³-hybridized carbons (Fsp3) is 0.714. The van der Waals surface area contributed by atoms with E-state index in [0.29, 0.717) is 11.0 Å². The maximum absolute atomic E-state index is 13.0. The summed E-state index contributed by atoms with van der Waals surface area (Å²) < 4.78 is 62.7. The molecule has 1 rings (SSSR count). The molecule has 16 heavy (non-hydrogen) atoms. The minimum absolute atomic E-state index is 0.0453. The smallest absolute Gasteiger partial charge is 0.299 e. The monoisotopic (exact) mass is 261 g/mol. The van der Waals surface area contributed by atoms with Gasteiger partial charge in [0.2, 0.25) is 5.82 Å². The van der Waals surface area contributed by atoms with Crippen LogP contribution in [0.2, 0.25) is 0 Å². The lowest BCUT2D eigenvalue weighted by Gasteiger charge is -2.19. The van der Waals surface area contributed by atoms with Crippen LogP contribution in [0.25, 0.3) is 0 Å². The highest BCUT2D eigenvalue weighted by Crippen LogP contribution is 2.42. The van der Waals surface area contributed by atoms with Gasteiger partial charge in [0.15, 0.2) is 4.77 Å². The van der Waals surface area contributed by atoms with E-state index in [9.17, 15) is 22.0 Å². The molecule has 0 aliphatic carbocycles. The first kappa shape index (κ1) is 13.1. The van der Waals surface area contributed by atoms with Gasteiger partial charge in [0.05, 0.1) is 0 Å². The summed E-state index contributed by atoms with van der Waals surface area (Å²) in [5, 5.41) is 4.88. The molecule has 1 N–H and O–H groups in total. The van der Waals surface area contributed by atoms with E-state index in [1.807, 2.05) is 5.10 Å². The zero-order chi connectivity index (χ0) is 12.6. The van der Waals surface area contributed by atoms with Crippen LogP contribution in [-0.2, 0) is 12.5 Å². The van der Waals surface area contributed by atoms with Crippen LogP contribution in [0, 0.1) is 4.77 Å². The normalized spacial score (nSPS) is 13.1. The van der Waals surface area contributed by atoms with Crippen LogP contribution < -0.4 is 0 Å². The fourth-order valence-corrected chi connectivity index (χ4v) is 1.34. The minimum atomic E-state index is -5.68. The van der Waals surface area contributed by atoms with Crippen molar-refractivity contribution in [1.82, 2.24) is 14.8 Å². The number of rotatable bonds is 3. The van der Waals surface area contributed by atoms with E-state index in [-0.39, 0.29) is 11.3 Å². The number of halogens is 5. The van der Waals surface area contributed by atoms with Crippen molar-refractivity contribution in [1.29, 1.82) is 0 Å². The molecule has 0 aromatic carbocycles. The molecule has 0 saturated carbocycles. The average molecular weight is 261 g/mol. The lowest BCUT2D eigenvalue weighted by molar-refractivity contribution is -0.293. The molecular weight excluding hydrogens is 253 g/mol. The Morgan fingerprint density at radius 2 is 1.88 bits per heavy atom. The van der Waals surface area contributed by atoms with Gasteiger partial charge in [-0.05, 0) is 18.6 Å². The van der Waals surface area contributed by atoms with Crippen LogP contribution in [-0.4, -0.2) is 20.9 Å². The summed E-state index contributed by atoms with van der Waals surface area (Å²) in [7, 11) is 0. The molecule has 3 nitrogen and oxygen atoms in total. The summed E-state index contributed by atoms with van der Waals surface area (Å²) in [6, 6.07) is 0. The number of alkyl halides is 5. The number of nitrogens with zero attached hydrogens (tertiary/aromatic N) is 2. The Morgan fingerprint density at radius 1 is 1.31 bits per heavy atom. The number of H-pyrrole nitrogens is 1. The van der Waals surface area contributed by atoms with E-state index >= 15 is 0 Å². The Bertz CT molecular complexity index is 418. The summed E-state index contributed by atoms with van der Waals surface area (Å²) in [6.07, 6.45) is -5.31. The van der Waals surface area contributed by atoms with E-state index < -0.39 is 17.9 Å². The molecule has 0 unspecified atom stereocenters. The first-order valence-electron chi connectivity index (χ1n) is 4.32.